The zero-order chi connectivity index (χ0) is 32.9. The van der Waals surface area contributed by atoms with Crippen molar-refractivity contribution in [1.82, 2.24) is 0 Å². The van der Waals surface area contributed by atoms with Crippen LogP contribution in [-0.4, -0.2) is 12.5 Å². The van der Waals surface area contributed by atoms with E-state index in [4.69, 9.17) is 4.74 Å². The van der Waals surface area contributed by atoms with Crippen molar-refractivity contribution in [2.24, 2.45) is 35.5 Å². The van der Waals surface area contributed by atoms with Crippen LogP contribution in [0.3, 0.4) is 0 Å². The van der Waals surface area contributed by atoms with Gasteiger partial charge in [0.1, 0.15) is 5.75 Å². The quantitative estimate of drug-likeness (QED) is 0.177. The van der Waals surface area contributed by atoms with E-state index in [0.717, 1.165) is 30.6 Å². The van der Waals surface area contributed by atoms with Crippen molar-refractivity contribution in [1.29, 1.82) is 0 Å². The van der Waals surface area contributed by atoms with Gasteiger partial charge in [-0.05, 0) is 129 Å². The molecule has 46 heavy (non-hydrogen) atoms. The minimum absolute atomic E-state index is 0.0691. The summed E-state index contributed by atoms with van der Waals surface area (Å²) in [5, 5.41) is 0. The fourth-order valence-corrected chi connectivity index (χ4v) is 8.54. The van der Waals surface area contributed by atoms with Crippen LogP contribution in [0.15, 0.2) is 36.4 Å². The Bertz CT molecular complexity index is 1210. The molecule has 0 spiro atoms. The third-order valence-electron chi connectivity index (χ3n) is 11.2. The molecule has 0 unspecified atom stereocenters. The Kier molecular flexibility index (Phi) is 11.5. The molecule has 0 bridgehead atoms. The van der Waals surface area contributed by atoms with Gasteiger partial charge in [0, 0.05) is 0 Å². The zero-order valence-electron chi connectivity index (χ0n) is 26.7. The zero-order valence-corrected chi connectivity index (χ0v) is 26.7. The molecule has 0 amide bonds. The lowest BCUT2D eigenvalue weighted by molar-refractivity contribution is -0.276. The van der Waals surface area contributed by atoms with Crippen LogP contribution in [0, 0.1) is 47.1 Å². The lowest BCUT2D eigenvalue weighted by Crippen LogP contribution is -2.38. The molecule has 2 aromatic carbocycles. The van der Waals surface area contributed by atoms with Crippen LogP contribution in [0.1, 0.15) is 110 Å². The van der Waals surface area contributed by atoms with E-state index in [0.29, 0.717) is 36.8 Å². The molecule has 2 nitrogen and oxygen atoms in total. The summed E-state index contributed by atoms with van der Waals surface area (Å²) in [6.45, 7) is 2.27. The van der Waals surface area contributed by atoms with Gasteiger partial charge in [0.15, 0.2) is 11.6 Å². The summed E-state index contributed by atoms with van der Waals surface area (Å²) < 4.78 is 105. The molecule has 0 aliphatic heterocycles. The molecular weight excluding hydrogens is 609 g/mol. The molecule has 9 heteroatoms. The van der Waals surface area contributed by atoms with Crippen LogP contribution in [-0.2, 0) is 0 Å². The van der Waals surface area contributed by atoms with Crippen molar-refractivity contribution in [2.75, 3.05) is 0 Å². The maximum Gasteiger partial charge on any atom is 0.573 e. The van der Waals surface area contributed by atoms with Crippen LogP contribution in [0.25, 0.3) is 11.1 Å². The molecule has 0 N–H and O–H groups in total. The monoisotopic (exact) mass is 656 g/mol. The molecule has 0 heterocycles. The number of rotatable bonds is 11. The molecule has 3 saturated carbocycles. The van der Waals surface area contributed by atoms with E-state index in [1.165, 1.54) is 101 Å². The van der Waals surface area contributed by atoms with E-state index in [-0.39, 0.29) is 16.9 Å². The summed E-state index contributed by atoms with van der Waals surface area (Å²) in [4.78, 5) is 0. The predicted octanol–water partition coefficient (Wildman–Crippen LogP) is 12.5. The minimum atomic E-state index is -5.25. The van der Waals surface area contributed by atoms with E-state index in [2.05, 4.69) is 11.7 Å². The summed E-state index contributed by atoms with van der Waals surface area (Å²) in [6, 6.07) is 6.58. The molecule has 0 saturated heterocycles. The SMILES string of the molecule is CCCCCC1CCC(C2CCC(C3CCC(C(F)(F)Oc4ccc(-c5cc(F)c(OC(F)(F)F)c(F)c5)cc4)CC3)CC2)CC1. The number of hydrogen-bond donors (Lipinski definition) is 0. The van der Waals surface area contributed by atoms with Crippen LogP contribution in [0.2, 0.25) is 0 Å². The summed E-state index contributed by atoms with van der Waals surface area (Å²) in [5.41, 5.74) is 0.151. The minimum Gasteiger partial charge on any atom is -0.432 e. The number of benzene rings is 2. The molecule has 2 aromatic rings. The van der Waals surface area contributed by atoms with Gasteiger partial charge in [-0.15, -0.1) is 13.2 Å². The number of alkyl halides is 5. The maximum atomic E-state index is 15.2. The Balaban J connectivity index is 1.06. The first-order valence-electron chi connectivity index (χ1n) is 17.3. The fraction of sp³-hybridized carbons (Fsp3) is 0.676. The Morgan fingerprint density at radius 1 is 0.609 bits per heavy atom. The Morgan fingerprint density at radius 2 is 1.09 bits per heavy atom. The molecule has 0 atom stereocenters. The Labute approximate surface area is 268 Å². The predicted molar refractivity (Wildman–Crippen MR) is 165 cm³/mol. The van der Waals surface area contributed by atoms with Crippen molar-refractivity contribution >= 4 is 0 Å². The second-order valence-corrected chi connectivity index (χ2v) is 14.1. The first-order chi connectivity index (χ1) is 21.9. The molecule has 3 aliphatic carbocycles. The Morgan fingerprint density at radius 3 is 1.57 bits per heavy atom. The molecular formula is C37H47F7O2. The highest BCUT2D eigenvalue weighted by molar-refractivity contribution is 5.65. The summed E-state index contributed by atoms with van der Waals surface area (Å²) in [6.07, 6.45) is 9.79. The topological polar surface area (TPSA) is 18.5 Å². The average molecular weight is 657 g/mol. The third-order valence-corrected chi connectivity index (χ3v) is 11.2. The van der Waals surface area contributed by atoms with Crippen LogP contribution >= 0.6 is 0 Å². The smallest absolute Gasteiger partial charge is 0.432 e. The standard InChI is InChI=1S/C37H47F7O2/c1-2-3-4-5-24-6-8-25(9-7-24)26-10-12-27(13-11-26)28-14-18-31(19-15-28)36(40,41)45-32-20-16-29(17-21-32)30-22-33(38)35(34(39)23-30)46-37(42,43)44/h16-17,20-28,31H,2-15,18-19H2,1H3. The van der Waals surface area contributed by atoms with E-state index in [1.807, 2.05) is 0 Å². The maximum absolute atomic E-state index is 15.2. The fourth-order valence-electron chi connectivity index (χ4n) is 8.54. The first-order valence-corrected chi connectivity index (χ1v) is 17.3. The average Bonchev–Trinajstić information content (AvgIpc) is 3.03. The van der Waals surface area contributed by atoms with Gasteiger partial charge < -0.3 is 9.47 Å². The number of ether oxygens (including phenoxy) is 2. The number of unbranched alkanes of at least 4 members (excludes halogenated alkanes) is 2. The number of hydrogen-bond acceptors (Lipinski definition) is 2. The van der Waals surface area contributed by atoms with E-state index in [1.54, 1.807) is 0 Å². The van der Waals surface area contributed by atoms with Gasteiger partial charge in [-0.25, -0.2) is 8.78 Å². The van der Waals surface area contributed by atoms with Crippen molar-refractivity contribution in [2.45, 2.75) is 122 Å². The van der Waals surface area contributed by atoms with Gasteiger partial charge in [-0.1, -0.05) is 57.6 Å². The Hall–Kier alpha value is -2.45. The van der Waals surface area contributed by atoms with Crippen LogP contribution < -0.4 is 9.47 Å². The molecule has 256 valence electrons. The van der Waals surface area contributed by atoms with Gasteiger partial charge in [0.2, 0.25) is 5.75 Å². The summed E-state index contributed by atoms with van der Waals surface area (Å²) in [7, 11) is 0. The summed E-state index contributed by atoms with van der Waals surface area (Å²) in [5.74, 6) is -1.81. The second-order valence-electron chi connectivity index (χ2n) is 14.1. The first kappa shape index (κ1) is 34.9. The van der Waals surface area contributed by atoms with E-state index in [9.17, 15) is 22.0 Å². The highest BCUT2D eigenvalue weighted by Crippen LogP contribution is 2.48. The number of halogens is 7. The van der Waals surface area contributed by atoms with Crippen molar-refractivity contribution in [3.63, 3.8) is 0 Å². The molecule has 5 rings (SSSR count). The van der Waals surface area contributed by atoms with Crippen molar-refractivity contribution in [3.8, 4) is 22.6 Å². The second kappa shape index (κ2) is 15.2. The molecule has 0 radical (unpaired) electrons. The highest BCUT2D eigenvalue weighted by Gasteiger charge is 2.45. The van der Waals surface area contributed by atoms with Gasteiger partial charge in [0.05, 0.1) is 5.92 Å². The van der Waals surface area contributed by atoms with Crippen LogP contribution in [0.5, 0.6) is 11.5 Å². The van der Waals surface area contributed by atoms with Gasteiger partial charge in [-0.3, -0.25) is 0 Å². The van der Waals surface area contributed by atoms with Crippen LogP contribution in [0.4, 0.5) is 30.7 Å². The van der Waals surface area contributed by atoms with Gasteiger partial charge in [0.25, 0.3) is 0 Å². The lowest BCUT2D eigenvalue weighted by atomic mass is 9.65. The molecule has 0 aromatic heterocycles. The molecule has 3 aliphatic rings. The van der Waals surface area contributed by atoms with E-state index >= 15 is 8.78 Å². The summed E-state index contributed by atoms with van der Waals surface area (Å²) >= 11 is 0. The molecule has 3 fully saturated rings. The highest BCUT2D eigenvalue weighted by atomic mass is 19.4. The largest absolute Gasteiger partial charge is 0.573 e. The van der Waals surface area contributed by atoms with Gasteiger partial charge in [-0.2, -0.15) is 8.78 Å². The van der Waals surface area contributed by atoms with Crippen molar-refractivity contribution < 1.29 is 40.2 Å². The third kappa shape index (κ3) is 9.12. The normalized spacial score (nSPS) is 27.7. The van der Waals surface area contributed by atoms with E-state index < -0.39 is 35.8 Å². The van der Waals surface area contributed by atoms with Gasteiger partial charge >= 0.3 is 12.5 Å². The van der Waals surface area contributed by atoms with Crippen molar-refractivity contribution in [3.05, 3.63) is 48.0 Å². The lowest BCUT2D eigenvalue weighted by Gasteiger charge is -2.42.